The van der Waals surface area contributed by atoms with Crippen molar-refractivity contribution in [2.24, 2.45) is 5.73 Å². The Morgan fingerprint density at radius 3 is 2.64 bits per heavy atom. The highest BCUT2D eigenvalue weighted by atomic mass is 32.1. The van der Waals surface area contributed by atoms with Crippen molar-refractivity contribution >= 4 is 17.2 Å². The van der Waals surface area contributed by atoms with Crippen molar-refractivity contribution in [3.63, 3.8) is 0 Å². The van der Waals surface area contributed by atoms with Crippen LogP contribution in [0.5, 0.6) is 0 Å². The van der Waals surface area contributed by atoms with Crippen LogP contribution in [0.1, 0.15) is 13.3 Å². The molecule has 1 atom stereocenters. The smallest absolute Gasteiger partial charge is 0.104 e. The van der Waals surface area contributed by atoms with E-state index >= 15 is 0 Å². The molecule has 0 bridgehead atoms. The second-order valence-corrected chi connectivity index (χ2v) is 2.73. The third kappa shape index (κ3) is 6.22. The first-order chi connectivity index (χ1) is 5.18. The molecule has 0 aliphatic rings. The summed E-state index contributed by atoms with van der Waals surface area (Å²) in [6.07, 6.45) is 0.755. The molecule has 0 aliphatic heterocycles. The van der Waals surface area contributed by atoms with Gasteiger partial charge in [-0.05, 0) is 13.3 Å². The molecule has 0 saturated heterocycles. The van der Waals surface area contributed by atoms with Crippen LogP contribution >= 0.6 is 12.2 Å². The van der Waals surface area contributed by atoms with Gasteiger partial charge in [-0.25, -0.2) is 0 Å². The molecule has 4 heteroatoms. The molecular weight excluding hydrogens is 162 g/mol. The number of rotatable bonds is 6. The number of thiocarbonyl (C=S) groups is 1. The molecule has 11 heavy (non-hydrogen) atoms. The van der Waals surface area contributed by atoms with E-state index in [4.69, 9.17) is 27.4 Å². The molecule has 1 unspecified atom stereocenters. The van der Waals surface area contributed by atoms with Gasteiger partial charge in [0, 0.05) is 20.3 Å². The maximum atomic E-state index is 5.33. The summed E-state index contributed by atoms with van der Waals surface area (Å²) in [6.45, 7) is 3.20. The monoisotopic (exact) mass is 177 g/mol. The zero-order chi connectivity index (χ0) is 8.69. The van der Waals surface area contributed by atoms with Gasteiger partial charge in [-0.2, -0.15) is 0 Å². The first-order valence-corrected chi connectivity index (χ1v) is 3.99. The highest BCUT2D eigenvalue weighted by molar-refractivity contribution is 7.80. The summed E-state index contributed by atoms with van der Waals surface area (Å²) in [6, 6.07) is 0. The fourth-order valence-electron chi connectivity index (χ4n) is 0.546. The van der Waals surface area contributed by atoms with Crippen LogP contribution in [-0.4, -0.2) is 31.4 Å². The molecule has 0 radical (unpaired) electrons. The normalized spacial score (nSPS) is 12.9. The second kappa shape index (κ2) is 6.52. The third-order valence-electron chi connectivity index (χ3n) is 1.26. The van der Waals surface area contributed by atoms with E-state index in [1.807, 2.05) is 6.92 Å². The molecule has 0 aromatic carbocycles. The fraction of sp³-hybridized carbons (Fsp3) is 0.857. The average molecular weight is 177 g/mol. The highest BCUT2D eigenvalue weighted by Crippen LogP contribution is 1.92. The van der Waals surface area contributed by atoms with Crippen molar-refractivity contribution in [3.05, 3.63) is 0 Å². The highest BCUT2D eigenvalue weighted by Gasteiger charge is 2.02. The predicted octanol–water partition coefficient (Wildman–Crippen LogP) is 0.714. The fourth-order valence-corrected chi connectivity index (χ4v) is 0.614. The molecule has 0 amide bonds. The molecule has 0 aromatic rings. The van der Waals surface area contributed by atoms with Crippen molar-refractivity contribution in [2.75, 3.05) is 20.3 Å². The average Bonchev–Trinajstić information content (AvgIpc) is 1.97. The van der Waals surface area contributed by atoms with Crippen LogP contribution in [0.15, 0.2) is 0 Å². The minimum Gasteiger partial charge on any atom is -0.391 e. The van der Waals surface area contributed by atoms with E-state index in [9.17, 15) is 0 Å². The quantitative estimate of drug-likeness (QED) is 0.479. The summed E-state index contributed by atoms with van der Waals surface area (Å²) < 4.78 is 10.1. The van der Waals surface area contributed by atoms with Gasteiger partial charge in [-0.15, -0.1) is 0 Å². The van der Waals surface area contributed by atoms with E-state index < -0.39 is 0 Å². The van der Waals surface area contributed by atoms with E-state index in [1.54, 1.807) is 7.11 Å². The van der Waals surface area contributed by atoms with Crippen LogP contribution in [0.2, 0.25) is 0 Å². The molecule has 0 fully saturated rings. The van der Waals surface area contributed by atoms with Crippen LogP contribution in [-0.2, 0) is 9.47 Å². The Hall–Kier alpha value is -0.190. The number of ether oxygens (including phenoxy) is 2. The Labute approximate surface area is 72.9 Å². The number of hydrogen-bond donors (Lipinski definition) is 1. The lowest BCUT2D eigenvalue weighted by Gasteiger charge is -2.10. The van der Waals surface area contributed by atoms with Crippen LogP contribution in [0.25, 0.3) is 0 Å². The Bertz CT molecular complexity index is 119. The predicted molar refractivity (Wildman–Crippen MR) is 48.7 cm³/mol. The minimum absolute atomic E-state index is 0.123. The van der Waals surface area contributed by atoms with Gasteiger partial charge in [0.05, 0.1) is 0 Å². The molecule has 2 N–H and O–H groups in total. The van der Waals surface area contributed by atoms with Gasteiger partial charge in [0.15, 0.2) is 0 Å². The van der Waals surface area contributed by atoms with Crippen molar-refractivity contribution in [3.8, 4) is 0 Å². The third-order valence-corrected chi connectivity index (χ3v) is 1.59. The number of nitrogens with two attached hydrogens (primary N) is 1. The van der Waals surface area contributed by atoms with Gasteiger partial charge in [-0.3, -0.25) is 0 Å². The molecular formula is C7H15NO2S. The van der Waals surface area contributed by atoms with Crippen molar-refractivity contribution in [2.45, 2.75) is 19.4 Å². The number of hydrogen-bond acceptors (Lipinski definition) is 3. The Morgan fingerprint density at radius 2 is 2.18 bits per heavy atom. The summed E-state index contributed by atoms with van der Waals surface area (Å²) in [5.41, 5.74) is 5.33. The first kappa shape index (κ1) is 10.8. The Morgan fingerprint density at radius 1 is 1.55 bits per heavy atom. The lowest BCUT2D eigenvalue weighted by Crippen LogP contribution is -2.26. The van der Waals surface area contributed by atoms with Gasteiger partial charge in [0.25, 0.3) is 0 Å². The SMILES string of the molecule is COCCCOC(C)C(N)=S. The van der Waals surface area contributed by atoms with Gasteiger partial charge >= 0.3 is 0 Å². The van der Waals surface area contributed by atoms with Gasteiger partial charge in [0.1, 0.15) is 11.1 Å². The number of methoxy groups -OCH3 is 1. The van der Waals surface area contributed by atoms with Crippen LogP contribution in [0.4, 0.5) is 0 Å². The standard InChI is InChI=1S/C7H15NO2S/c1-6(7(8)11)10-5-3-4-9-2/h6H,3-5H2,1-2H3,(H2,8,11). The molecule has 0 saturated carbocycles. The first-order valence-electron chi connectivity index (χ1n) is 3.58. The van der Waals surface area contributed by atoms with E-state index in [1.165, 1.54) is 0 Å². The lowest BCUT2D eigenvalue weighted by atomic mass is 10.4. The molecule has 3 nitrogen and oxygen atoms in total. The zero-order valence-electron chi connectivity index (χ0n) is 7.00. The molecule has 0 aromatic heterocycles. The lowest BCUT2D eigenvalue weighted by molar-refractivity contribution is 0.0856. The molecule has 0 rings (SSSR count). The zero-order valence-corrected chi connectivity index (χ0v) is 7.82. The van der Waals surface area contributed by atoms with Crippen LogP contribution < -0.4 is 5.73 Å². The van der Waals surface area contributed by atoms with Crippen LogP contribution in [0.3, 0.4) is 0 Å². The van der Waals surface area contributed by atoms with E-state index in [-0.39, 0.29) is 6.10 Å². The van der Waals surface area contributed by atoms with Gasteiger partial charge in [-0.1, -0.05) is 12.2 Å². The summed E-state index contributed by atoms with van der Waals surface area (Å²) in [5.74, 6) is 0. The maximum absolute atomic E-state index is 5.33. The van der Waals surface area contributed by atoms with Crippen LogP contribution in [0, 0.1) is 0 Å². The van der Waals surface area contributed by atoms with Crippen molar-refractivity contribution in [1.29, 1.82) is 0 Å². The Kier molecular flexibility index (Phi) is 6.40. The largest absolute Gasteiger partial charge is 0.391 e. The molecule has 0 spiro atoms. The summed E-state index contributed by atoms with van der Waals surface area (Å²) in [4.78, 5) is 0.405. The molecule has 0 heterocycles. The summed E-state index contributed by atoms with van der Waals surface area (Å²) in [7, 11) is 1.66. The van der Waals surface area contributed by atoms with Gasteiger partial charge in [0.2, 0.25) is 0 Å². The Balaban J connectivity index is 3.17. The minimum atomic E-state index is -0.123. The molecule has 66 valence electrons. The topological polar surface area (TPSA) is 44.5 Å². The molecule has 0 aliphatic carbocycles. The maximum Gasteiger partial charge on any atom is 0.104 e. The van der Waals surface area contributed by atoms with Crippen molar-refractivity contribution < 1.29 is 9.47 Å². The summed E-state index contributed by atoms with van der Waals surface area (Å²) in [5, 5.41) is 0. The van der Waals surface area contributed by atoms with Crippen molar-refractivity contribution in [1.82, 2.24) is 0 Å². The second-order valence-electron chi connectivity index (χ2n) is 2.26. The van der Waals surface area contributed by atoms with Gasteiger partial charge < -0.3 is 15.2 Å². The van der Waals surface area contributed by atoms with E-state index in [0.717, 1.165) is 6.42 Å². The van der Waals surface area contributed by atoms with E-state index in [2.05, 4.69) is 0 Å². The van der Waals surface area contributed by atoms with E-state index in [0.29, 0.717) is 18.2 Å². The summed E-state index contributed by atoms with van der Waals surface area (Å²) >= 11 is 4.72.